The number of H-pyrrole nitrogens is 1. The first-order chi connectivity index (χ1) is 5.59. The van der Waals surface area contributed by atoms with Crippen LogP contribution in [0.4, 0.5) is 0 Å². The Morgan fingerprint density at radius 3 is 2.67 bits per heavy atom. The van der Waals surface area contributed by atoms with Crippen LogP contribution in [0.5, 0.6) is 0 Å². The summed E-state index contributed by atoms with van der Waals surface area (Å²) in [6.07, 6.45) is -0.277. The number of imidazole rings is 1. The molecule has 0 spiro atoms. The summed E-state index contributed by atoms with van der Waals surface area (Å²) in [6, 6.07) is 0. The van der Waals surface area contributed by atoms with Crippen molar-refractivity contribution < 1.29 is 5.11 Å². The van der Waals surface area contributed by atoms with Crippen molar-refractivity contribution in [2.45, 2.75) is 32.0 Å². The predicted molar refractivity (Wildman–Crippen MR) is 50.5 cm³/mol. The van der Waals surface area contributed by atoms with E-state index in [1.54, 1.807) is 18.7 Å². The second-order valence-electron chi connectivity index (χ2n) is 2.91. The highest BCUT2D eigenvalue weighted by molar-refractivity contribution is 7.99. The molecule has 1 unspecified atom stereocenters. The minimum absolute atomic E-state index is 0.277. The monoisotopic (exact) mass is 186 g/mol. The number of hydrogen-bond donors (Lipinski definition) is 2. The van der Waals surface area contributed by atoms with E-state index in [2.05, 4.69) is 9.97 Å². The number of hydrogen-bond acceptors (Lipinski definition) is 3. The molecule has 4 heteroatoms. The molecule has 0 bridgehead atoms. The molecule has 2 N–H and O–H groups in total. The van der Waals surface area contributed by atoms with Gasteiger partial charge in [-0.1, -0.05) is 11.8 Å². The minimum Gasteiger partial charge on any atom is -0.393 e. The number of aromatic amines is 1. The van der Waals surface area contributed by atoms with E-state index in [9.17, 15) is 0 Å². The lowest BCUT2D eigenvalue weighted by Gasteiger charge is -1.99. The Kier molecular flexibility index (Phi) is 3.17. The number of rotatable bonds is 3. The zero-order valence-electron chi connectivity index (χ0n) is 7.59. The van der Waals surface area contributed by atoms with Gasteiger partial charge in [0.15, 0.2) is 5.16 Å². The van der Waals surface area contributed by atoms with Crippen LogP contribution in [0.2, 0.25) is 0 Å². The van der Waals surface area contributed by atoms with Crippen molar-refractivity contribution in [3.05, 3.63) is 11.4 Å². The molecule has 1 aromatic heterocycles. The molecule has 68 valence electrons. The van der Waals surface area contributed by atoms with Gasteiger partial charge in [0.25, 0.3) is 0 Å². The highest BCUT2D eigenvalue weighted by Gasteiger charge is 2.03. The van der Waals surface area contributed by atoms with E-state index in [4.69, 9.17) is 5.11 Å². The first-order valence-electron chi connectivity index (χ1n) is 3.93. The Morgan fingerprint density at radius 1 is 1.58 bits per heavy atom. The SMILES string of the molecule is Cc1nc(SCC(C)O)[nH]c1C. The first-order valence-corrected chi connectivity index (χ1v) is 4.92. The fraction of sp³-hybridized carbons (Fsp3) is 0.625. The number of nitrogens with one attached hydrogen (secondary N) is 1. The maximum Gasteiger partial charge on any atom is 0.165 e. The van der Waals surface area contributed by atoms with E-state index in [-0.39, 0.29) is 6.10 Å². The van der Waals surface area contributed by atoms with Gasteiger partial charge in [0, 0.05) is 11.4 Å². The van der Waals surface area contributed by atoms with E-state index < -0.39 is 0 Å². The third kappa shape index (κ3) is 2.53. The Bertz CT molecular complexity index is 238. The lowest BCUT2D eigenvalue weighted by Crippen LogP contribution is -2.02. The smallest absolute Gasteiger partial charge is 0.165 e. The van der Waals surface area contributed by atoms with Crippen LogP contribution < -0.4 is 0 Å². The lowest BCUT2D eigenvalue weighted by atomic mass is 10.4. The summed E-state index contributed by atoms with van der Waals surface area (Å²) in [4.78, 5) is 7.42. The topological polar surface area (TPSA) is 48.9 Å². The summed E-state index contributed by atoms with van der Waals surface area (Å²) in [5.41, 5.74) is 2.13. The Hall–Kier alpha value is -0.480. The number of thioether (sulfide) groups is 1. The number of aliphatic hydroxyl groups is 1. The van der Waals surface area contributed by atoms with Gasteiger partial charge in [0.1, 0.15) is 0 Å². The number of nitrogens with zero attached hydrogens (tertiary/aromatic N) is 1. The van der Waals surface area contributed by atoms with Crippen LogP contribution in [0.25, 0.3) is 0 Å². The molecule has 0 aromatic carbocycles. The van der Waals surface area contributed by atoms with Crippen LogP contribution in [0, 0.1) is 13.8 Å². The van der Waals surface area contributed by atoms with E-state index >= 15 is 0 Å². The average molecular weight is 186 g/mol. The fourth-order valence-corrected chi connectivity index (χ4v) is 1.61. The van der Waals surface area contributed by atoms with Crippen LogP contribution in [0.1, 0.15) is 18.3 Å². The normalized spacial score (nSPS) is 13.3. The molecular weight excluding hydrogens is 172 g/mol. The Labute approximate surface area is 76.6 Å². The number of aromatic nitrogens is 2. The molecular formula is C8H14N2OS. The molecule has 1 atom stereocenters. The summed E-state index contributed by atoms with van der Waals surface area (Å²) in [5, 5.41) is 9.92. The molecule has 0 radical (unpaired) electrons. The standard InChI is InChI=1S/C8H14N2OS/c1-5(11)4-12-8-9-6(2)7(3)10-8/h5,11H,4H2,1-3H3,(H,9,10). The zero-order valence-corrected chi connectivity index (χ0v) is 8.40. The average Bonchev–Trinajstić information content (AvgIpc) is 2.28. The number of aryl methyl sites for hydroxylation is 2. The van der Waals surface area contributed by atoms with Crippen molar-refractivity contribution in [2.75, 3.05) is 5.75 Å². The second kappa shape index (κ2) is 3.96. The Balaban J connectivity index is 2.53. The lowest BCUT2D eigenvalue weighted by molar-refractivity contribution is 0.220. The van der Waals surface area contributed by atoms with Crippen LogP contribution >= 0.6 is 11.8 Å². The molecule has 0 saturated heterocycles. The van der Waals surface area contributed by atoms with Crippen molar-refractivity contribution in [3.63, 3.8) is 0 Å². The molecule has 0 aliphatic rings. The molecule has 0 fully saturated rings. The van der Waals surface area contributed by atoms with Crippen LogP contribution in [0.15, 0.2) is 5.16 Å². The second-order valence-corrected chi connectivity index (χ2v) is 3.92. The third-order valence-corrected chi connectivity index (χ3v) is 2.68. The van der Waals surface area contributed by atoms with Gasteiger partial charge in [-0.3, -0.25) is 0 Å². The van der Waals surface area contributed by atoms with Crippen LogP contribution in [-0.4, -0.2) is 26.9 Å². The zero-order chi connectivity index (χ0) is 9.14. The number of aliphatic hydroxyl groups excluding tert-OH is 1. The summed E-state index contributed by atoms with van der Waals surface area (Å²) in [6.45, 7) is 5.74. The maximum absolute atomic E-state index is 9.03. The summed E-state index contributed by atoms with van der Waals surface area (Å²) < 4.78 is 0. The van der Waals surface area contributed by atoms with Crippen molar-refractivity contribution in [1.29, 1.82) is 0 Å². The van der Waals surface area contributed by atoms with Gasteiger partial charge in [-0.15, -0.1) is 0 Å². The van der Waals surface area contributed by atoms with Crippen molar-refractivity contribution in [1.82, 2.24) is 9.97 Å². The summed E-state index contributed by atoms with van der Waals surface area (Å²) >= 11 is 1.55. The molecule has 12 heavy (non-hydrogen) atoms. The van der Waals surface area contributed by atoms with Gasteiger partial charge in [0.2, 0.25) is 0 Å². The van der Waals surface area contributed by atoms with Gasteiger partial charge in [-0.25, -0.2) is 4.98 Å². The van der Waals surface area contributed by atoms with Gasteiger partial charge in [-0.2, -0.15) is 0 Å². The van der Waals surface area contributed by atoms with Crippen LogP contribution in [-0.2, 0) is 0 Å². The molecule has 0 aliphatic carbocycles. The van der Waals surface area contributed by atoms with E-state index in [1.165, 1.54) is 0 Å². The van der Waals surface area contributed by atoms with E-state index in [1.807, 2.05) is 13.8 Å². The maximum atomic E-state index is 9.03. The van der Waals surface area contributed by atoms with Gasteiger partial charge in [-0.05, 0) is 20.8 Å². The van der Waals surface area contributed by atoms with Crippen molar-refractivity contribution >= 4 is 11.8 Å². The van der Waals surface area contributed by atoms with Gasteiger partial charge in [0.05, 0.1) is 11.8 Å². The molecule has 0 amide bonds. The van der Waals surface area contributed by atoms with Gasteiger partial charge >= 0.3 is 0 Å². The molecule has 0 aliphatic heterocycles. The highest BCUT2D eigenvalue weighted by Crippen LogP contribution is 2.16. The van der Waals surface area contributed by atoms with Crippen molar-refractivity contribution in [3.8, 4) is 0 Å². The third-order valence-electron chi connectivity index (χ3n) is 1.57. The fourth-order valence-electron chi connectivity index (χ4n) is 0.783. The summed E-state index contributed by atoms with van der Waals surface area (Å²) in [5.74, 6) is 0.687. The quantitative estimate of drug-likeness (QED) is 0.703. The van der Waals surface area contributed by atoms with Crippen molar-refractivity contribution in [2.24, 2.45) is 0 Å². The summed E-state index contributed by atoms with van der Waals surface area (Å²) in [7, 11) is 0. The molecule has 1 heterocycles. The molecule has 3 nitrogen and oxygen atoms in total. The molecule has 0 saturated carbocycles. The van der Waals surface area contributed by atoms with E-state index in [0.29, 0.717) is 5.75 Å². The Morgan fingerprint density at radius 2 is 2.25 bits per heavy atom. The van der Waals surface area contributed by atoms with Gasteiger partial charge < -0.3 is 10.1 Å². The largest absolute Gasteiger partial charge is 0.393 e. The predicted octanol–water partition coefficient (Wildman–Crippen LogP) is 1.50. The van der Waals surface area contributed by atoms with E-state index in [0.717, 1.165) is 16.5 Å². The van der Waals surface area contributed by atoms with Crippen LogP contribution in [0.3, 0.4) is 0 Å². The first kappa shape index (κ1) is 9.61. The minimum atomic E-state index is -0.277. The molecule has 1 aromatic rings. The molecule has 1 rings (SSSR count). The highest BCUT2D eigenvalue weighted by atomic mass is 32.2.